The molecule has 0 aliphatic carbocycles. The van der Waals surface area contributed by atoms with E-state index in [1.165, 1.54) is 6.20 Å². The van der Waals surface area contributed by atoms with Gasteiger partial charge in [0.05, 0.1) is 12.8 Å². The van der Waals surface area contributed by atoms with Gasteiger partial charge in [0.2, 0.25) is 0 Å². The Hall–Kier alpha value is -1.38. The van der Waals surface area contributed by atoms with Crippen LogP contribution in [0, 0.1) is 11.3 Å². The summed E-state index contributed by atoms with van der Waals surface area (Å²) >= 11 is 0. The van der Waals surface area contributed by atoms with Crippen LogP contribution in [0.5, 0.6) is 0 Å². The van der Waals surface area contributed by atoms with E-state index in [-0.39, 0.29) is 12.8 Å². The van der Waals surface area contributed by atoms with Gasteiger partial charge in [-0.25, -0.2) is 4.68 Å². The van der Waals surface area contributed by atoms with Gasteiger partial charge in [-0.1, -0.05) is 0 Å². The zero-order chi connectivity index (χ0) is 10.7. The van der Waals surface area contributed by atoms with E-state index in [9.17, 15) is 0 Å². The van der Waals surface area contributed by atoms with Crippen LogP contribution >= 0.6 is 0 Å². The monoisotopic (exact) mass is 207 g/mol. The lowest BCUT2D eigenvalue weighted by molar-refractivity contribution is -0.0400. The fraction of sp³-hybridized carbons (Fsp3) is 0.600. The van der Waals surface area contributed by atoms with Gasteiger partial charge in [-0.3, -0.25) is 0 Å². The molecule has 1 N–H and O–H groups in total. The lowest BCUT2D eigenvalue weighted by Crippen LogP contribution is -2.20. The average Bonchev–Trinajstić information content (AvgIpc) is 2.72. The topological polar surface area (TPSA) is 71.1 Å². The largest absolute Gasteiger partial charge is 0.392 e. The van der Waals surface area contributed by atoms with E-state index in [0.717, 1.165) is 19.3 Å². The Bertz CT molecular complexity index is 375. The molecule has 1 aliphatic rings. The van der Waals surface area contributed by atoms with Crippen LogP contribution in [0.25, 0.3) is 0 Å². The summed E-state index contributed by atoms with van der Waals surface area (Å²) in [5.74, 6) is 0. The summed E-state index contributed by atoms with van der Waals surface area (Å²) in [5.41, 5.74) is 0.969. The summed E-state index contributed by atoms with van der Waals surface area (Å²) in [6.45, 7) is 0.555. The summed E-state index contributed by atoms with van der Waals surface area (Å²) in [4.78, 5) is 0. The molecule has 1 aromatic rings. The van der Waals surface area contributed by atoms with E-state index in [0.29, 0.717) is 17.9 Å². The van der Waals surface area contributed by atoms with E-state index >= 15 is 0 Å². The van der Waals surface area contributed by atoms with Gasteiger partial charge >= 0.3 is 0 Å². The molecule has 1 aromatic heterocycles. The average molecular weight is 207 g/mol. The number of ether oxygens (including phenoxy) is 1. The third kappa shape index (κ3) is 1.87. The van der Waals surface area contributed by atoms with Crippen LogP contribution in [0.1, 0.15) is 36.7 Å². The third-order valence-corrected chi connectivity index (χ3v) is 2.58. The summed E-state index contributed by atoms with van der Waals surface area (Å²) < 4.78 is 7.11. The smallest absolute Gasteiger partial charge is 0.151 e. The predicted octanol–water partition coefficient (Wildman–Crippen LogP) is 0.946. The highest BCUT2D eigenvalue weighted by atomic mass is 16.5. The van der Waals surface area contributed by atoms with Crippen LogP contribution in [-0.4, -0.2) is 21.5 Å². The molecule has 1 aliphatic heterocycles. The van der Waals surface area contributed by atoms with E-state index in [1.807, 2.05) is 0 Å². The maximum Gasteiger partial charge on any atom is 0.151 e. The Kier molecular flexibility index (Phi) is 2.99. The maximum atomic E-state index is 9.02. The minimum Gasteiger partial charge on any atom is -0.392 e. The molecule has 15 heavy (non-hydrogen) atoms. The van der Waals surface area contributed by atoms with Crippen molar-refractivity contribution in [1.82, 2.24) is 9.78 Å². The van der Waals surface area contributed by atoms with Crippen molar-refractivity contribution in [3.8, 4) is 6.07 Å². The molecule has 1 saturated heterocycles. The number of rotatable bonds is 2. The van der Waals surface area contributed by atoms with Gasteiger partial charge in [0.25, 0.3) is 0 Å². The molecular weight excluding hydrogens is 194 g/mol. The molecule has 1 fully saturated rings. The van der Waals surface area contributed by atoms with Crippen molar-refractivity contribution in [3.63, 3.8) is 0 Å². The number of nitriles is 1. The highest BCUT2D eigenvalue weighted by Gasteiger charge is 2.20. The Morgan fingerprint density at radius 3 is 3.13 bits per heavy atom. The van der Waals surface area contributed by atoms with Gasteiger partial charge in [-0.2, -0.15) is 10.4 Å². The molecule has 0 aromatic carbocycles. The second kappa shape index (κ2) is 4.43. The maximum absolute atomic E-state index is 9.02. The van der Waals surface area contributed by atoms with Crippen LogP contribution in [0.3, 0.4) is 0 Å². The highest BCUT2D eigenvalue weighted by molar-refractivity contribution is 5.29. The Morgan fingerprint density at radius 1 is 1.67 bits per heavy atom. The number of nitrogens with zero attached hydrogens (tertiary/aromatic N) is 3. The van der Waals surface area contributed by atoms with Gasteiger partial charge in [-0.15, -0.1) is 0 Å². The summed E-state index contributed by atoms with van der Waals surface area (Å²) in [7, 11) is 0. The van der Waals surface area contributed by atoms with Crippen LogP contribution in [-0.2, 0) is 11.3 Å². The van der Waals surface area contributed by atoms with Gasteiger partial charge in [-0.05, 0) is 19.3 Å². The lowest BCUT2D eigenvalue weighted by Gasteiger charge is -2.23. The normalized spacial score (nSPS) is 21.2. The first-order valence-corrected chi connectivity index (χ1v) is 5.05. The minimum atomic E-state index is -0.157. The molecule has 0 bridgehead atoms. The van der Waals surface area contributed by atoms with Crippen LogP contribution in [0.2, 0.25) is 0 Å². The van der Waals surface area contributed by atoms with E-state index < -0.39 is 0 Å². The molecule has 2 rings (SSSR count). The molecule has 2 heterocycles. The van der Waals surface area contributed by atoms with E-state index in [1.54, 1.807) is 4.68 Å². The van der Waals surface area contributed by atoms with Crippen molar-refractivity contribution >= 4 is 0 Å². The first-order valence-electron chi connectivity index (χ1n) is 5.05. The van der Waals surface area contributed by atoms with Crippen molar-refractivity contribution < 1.29 is 9.84 Å². The van der Waals surface area contributed by atoms with Crippen molar-refractivity contribution in [2.45, 2.75) is 32.1 Å². The molecule has 5 heteroatoms. The van der Waals surface area contributed by atoms with Gasteiger partial charge < -0.3 is 9.84 Å². The number of aliphatic hydroxyl groups is 1. The van der Waals surface area contributed by atoms with Crippen LogP contribution < -0.4 is 0 Å². The molecular formula is C10H13N3O2. The van der Waals surface area contributed by atoms with E-state index in [2.05, 4.69) is 11.2 Å². The van der Waals surface area contributed by atoms with Gasteiger partial charge in [0.15, 0.2) is 6.23 Å². The Morgan fingerprint density at radius 2 is 2.53 bits per heavy atom. The molecule has 1 unspecified atom stereocenters. The molecule has 5 nitrogen and oxygen atoms in total. The number of hydrogen-bond donors (Lipinski definition) is 1. The Labute approximate surface area is 87.9 Å². The molecule has 0 spiro atoms. The second-order valence-corrected chi connectivity index (χ2v) is 3.55. The fourth-order valence-corrected chi connectivity index (χ4v) is 1.77. The zero-order valence-electron chi connectivity index (χ0n) is 8.39. The number of aromatic nitrogens is 2. The van der Waals surface area contributed by atoms with Crippen molar-refractivity contribution in [1.29, 1.82) is 5.26 Å². The Balaban J connectivity index is 2.27. The lowest BCUT2D eigenvalue weighted by atomic mass is 10.2. The van der Waals surface area contributed by atoms with Crippen molar-refractivity contribution in [3.05, 3.63) is 17.5 Å². The quantitative estimate of drug-likeness (QED) is 0.783. The standard InChI is InChI=1S/C10H13N3O2/c11-5-9-8(7-14)6-12-13(9)10-3-1-2-4-15-10/h6,10,14H,1-4,7H2. The predicted molar refractivity (Wildman–Crippen MR) is 51.7 cm³/mol. The minimum absolute atomic E-state index is 0.145. The van der Waals surface area contributed by atoms with E-state index in [4.69, 9.17) is 15.1 Å². The first-order chi connectivity index (χ1) is 7.36. The summed E-state index contributed by atoms with van der Waals surface area (Å²) in [6, 6.07) is 2.05. The van der Waals surface area contributed by atoms with Gasteiger partial charge in [0.1, 0.15) is 11.8 Å². The molecule has 0 amide bonds. The summed E-state index contributed by atoms with van der Waals surface area (Å²) in [6.07, 6.45) is 4.40. The second-order valence-electron chi connectivity index (χ2n) is 3.55. The van der Waals surface area contributed by atoms with Crippen LogP contribution in [0.4, 0.5) is 0 Å². The highest BCUT2D eigenvalue weighted by Crippen LogP contribution is 2.24. The first kappa shape index (κ1) is 10.1. The van der Waals surface area contributed by atoms with Crippen molar-refractivity contribution in [2.24, 2.45) is 0 Å². The zero-order valence-corrected chi connectivity index (χ0v) is 8.39. The third-order valence-electron chi connectivity index (χ3n) is 2.58. The van der Waals surface area contributed by atoms with Crippen LogP contribution in [0.15, 0.2) is 6.20 Å². The number of aliphatic hydroxyl groups excluding tert-OH is 1. The van der Waals surface area contributed by atoms with Crippen molar-refractivity contribution in [2.75, 3.05) is 6.61 Å². The summed E-state index contributed by atoms with van der Waals surface area (Å²) in [5, 5.41) is 22.1. The number of hydrogen-bond acceptors (Lipinski definition) is 4. The SMILES string of the molecule is N#Cc1c(CO)cnn1C1CCCCO1. The molecule has 80 valence electrons. The van der Waals surface area contributed by atoms with Gasteiger partial charge in [0, 0.05) is 12.2 Å². The fourth-order valence-electron chi connectivity index (χ4n) is 1.77. The molecule has 0 radical (unpaired) electrons. The molecule has 0 saturated carbocycles. The molecule has 1 atom stereocenters.